The fourth-order valence-corrected chi connectivity index (χ4v) is 4.17. The van der Waals surface area contributed by atoms with Crippen LogP contribution >= 0.6 is 0 Å². The number of urea groups is 1. The molecule has 2 aromatic carbocycles. The maximum Gasteiger partial charge on any atom is 0.338 e. The Kier molecular flexibility index (Phi) is 6.61. The van der Waals surface area contributed by atoms with E-state index >= 15 is 0 Å². The lowest BCUT2D eigenvalue weighted by Gasteiger charge is -2.38. The fourth-order valence-electron chi connectivity index (χ4n) is 4.17. The Morgan fingerprint density at radius 1 is 1.00 bits per heavy atom. The van der Waals surface area contributed by atoms with Crippen LogP contribution in [0, 0.1) is 0 Å². The zero-order chi connectivity index (χ0) is 22.5. The van der Waals surface area contributed by atoms with Gasteiger partial charge in [-0.15, -0.1) is 0 Å². The van der Waals surface area contributed by atoms with Crippen molar-refractivity contribution in [1.82, 2.24) is 15.5 Å². The zero-order valence-electron chi connectivity index (χ0n) is 18.3. The van der Waals surface area contributed by atoms with Crippen LogP contribution in [-0.4, -0.2) is 63.8 Å². The van der Waals surface area contributed by atoms with Gasteiger partial charge in [0.05, 0.1) is 25.8 Å². The summed E-state index contributed by atoms with van der Waals surface area (Å²) in [5.41, 5.74) is 2.99. The highest BCUT2D eigenvalue weighted by molar-refractivity contribution is 5.95. The van der Waals surface area contributed by atoms with Crippen LogP contribution in [0.1, 0.15) is 11.6 Å². The molecule has 0 saturated carbocycles. The van der Waals surface area contributed by atoms with Crippen LogP contribution in [0.15, 0.2) is 65.9 Å². The van der Waals surface area contributed by atoms with Gasteiger partial charge in [0.25, 0.3) is 0 Å². The Bertz CT molecular complexity index is 983. The van der Waals surface area contributed by atoms with Gasteiger partial charge < -0.3 is 25.0 Å². The van der Waals surface area contributed by atoms with Crippen LogP contribution in [0.3, 0.4) is 0 Å². The Labute approximate surface area is 187 Å². The van der Waals surface area contributed by atoms with Crippen molar-refractivity contribution in [2.45, 2.75) is 6.04 Å². The molecule has 2 aromatic rings. The van der Waals surface area contributed by atoms with E-state index in [0.717, 1.165) is 31.7 Å². The molecule has 1 unspecified atom stereocenters. The number of hydrogen-bond acceptors (Lipinski definition) is 6. The highest BCUT2D eigenvalue weighted by atomic mass is 16.5. The first-order valence-corrected chi connectivity index (χ1v) is 10.6. The van der Waals surface area contributed by atoms with Gasteiger partial charge >= 0.3 is 12.0 Å². The molecule has 1 saturated heterocycles. The lowest BCUT2D eigenvalue weighted by atomic mass is 9.95. The Morgan fingerprint density at radius 2 is 1.69 bits per heavy atom. The molecule has 168 valence electrons. The molecule has 2 amide bonds. The molecule has 8 heteroatoms. The third kappa shape index (κ3) is 4.70. The minimum absolute atomic E-state index is 0.337. The number of benzene rings is 2. The minimum Gasteiger partial charge on any atom is -0.497 e. The quantitative estimate of drug-likeness (QED) is 0.677. The number of nitrogens with zero attached hydrogens (tertiary/aromatic N) is 2. The molecule has 0 bridgehead atoms. The number of anilines is 1. The highest BCUT2D eigenvalue weighted by Crippen LogP contribution is 2.29. The Balaban J connectivity index is 1.54. The second-order valence-corrected chi connectivity index (χ2v) is 7.79. The monoisotopic (exact) mass is 436 g/mol. The molecular weight excluding hydrogens is 408 g/mol. The van der Waals surface area contributed by atoms with Crippen LogP contribution in [0.4, 0.5) is 10.5 Å². The van der Waals surface area contributed by atoms with E-state index in [4.69, 9.17) is 9.47 Å². The van der Waals surface area contributed by atoms with E-state index < -0.39 is 12.0 Å². The van der Waals surface area contributed by atoms with Gasteiger partial charge in [-0.1, -0.05) is 30.3 Å². The normalized spacial score (nSPS) is 19.2. The summed E-state index contributed by atoms with van der Waals surface area (Å²) in [7, 11) is 2.95. The summed E-state index contributed by atoms with van der Waals surface area (Å²) in [6.45, 7) is 3.86. The van der Waals surface area contributed by atoms with E-state index in [1.165, 1.54) is 12.8 Å². The number of methoxy groups -OCH3 is 2. The smallest absolute Gasteiger partial charge is 0.338 e. The summed E-state index contributed by atoms with van der Waals surface area (Å²) in [6, 6.07) is 16.7. The van der Waals surface area contributed by atoms with Gasteiger partial charge in [-0.2, -0.15) is 0 Å². The lowest BCUT2D eigenvalue weighted by molar-refractivity contribution is -0.136. The summed E-state index contributed by atoms with van der Waals surface area (Å²) in [5, 5.41) is 5.70. The molecule has 2 aliphatic heterocycles. The Hall–Kier alpha value is -3.52. The van der Waals surface area contributed by atoms with E-state index in [0.29, 0.717) is 23.6 Å². The van der Waals surface area contributed by atoms with Gasteiger partial charge in [-0.3, -0.25) is 4.90 Å². The number of carbonyl (C=O) groups is 2. The Morgan fingerprint density at radius 3 is 2.31 bits per heavy atom. The molecule has 0 spiro atoms. The lowest BCUT2D eigenvalue weighted by Crippen LogP contribution is -2.51. The predicted octanol–water partition coefficient (Wildman–Crippen LogP) is 2.30. The van der Waals surface area contributed by atoms with E-state index in [-0.39, 0.29) is 6.03 Å². The summed E-state index contributed by atoms with van der Waals surface area (Å²) < 4.78 is 10.3. The SMILES string of the molecule is COC(=O)C1=C(CN2CCN(c3ccccc3)CC2)NC(=O)NC1c1ccc(OC)cc1. The number of amides is 2. The molecule has 32 heavy (non-hydrogen) atoms. The molecular formula is C24H28N4O4. The van der Waals surface area contributed by atoms with Gasteiger partial charge in [-0.25, -0.2) is 9.59 Å². The first-order chi connectivity index (χ1) is 15.6. The third-order valence-electron chi connectivity index (χ3n) is 5.88. The highest BCUT2D eigenvalue weighted by Gasteiger charge is 2.34. The molecule has 2 heterocycles. The summed E-state index contributed by atoms with van der Waals surface area (Å²) in [6.07, 6.45) is 0. The maximum absolute atomic E-state index is 12.7. The van der Waals surface area contributed by atoms with Gasteiger partial charge in [0, 0.05) is 44.1 Å². The van der Waals surface area contributed by atoms with Gasteiger partial charge in [0.1, 0.15) is 5.75 Å². The van der Waals surface area contributed by atoms with Crippen molar-refractivity contribution in [2.75, 3.05) is 51.8 Å². The van der Waals surface area contributed by atoms with Crippen LogP contribution in [0.5, 0.6) is 5.75 Å². The summed E-state index contributed by atoms with van der Waals surface area (Å²) in [5.74, 6) is 0.241. The topological polar surface area (TPSA) is 83.1 Å². The van der Waals surface area contributed by atoms with E-state index in [1.54, 1.807) is 19.2 Å². The van der Waals surface area contributed by atoms with Crippen LogP contribution in [-0.2, 0) is 9.53 Å². The molecule has 4 rings (SSSR count). The summed E-state index contributed by atoms with van der Waals surface area (Å²) in [4.78, 5) is 29.8. The number of rotatable bonds is 6. The number of ether oxygens (including phenoxy) is 2. The van der Waals surface area contributed by atoms with E-state index in [1.807, 2.05) is 30.3 Å². The molecule has 0 aromatic heterocycles. The largest absolute Gasteiger partial charge is 0.497 e. The average Bonchev–Trinajstić information content (AvgIpc) is 2.84. The molecule has 2 aliphatic rings. The van der Waals surface area contributed by atoms with Gasteiger partial charge in [0.2, 0.25) is 0 Å². The van der Waals surface area contributed by atoms with Crippen molar-refractivity contribution in [3.8, 4) is 5.75 Å². The maximum atomic E-state index is 12.7. The van der Waals surface area contributed by atoms with E-state index in [2.05, 4.69) is 32.6 Å². The van der Waals surface area contributed by atoms with Crippen molar-refractivity contribution in [1.29, 1.82) is 0 Å². The molecule has 0 aliphatic carbocycles. The summed E-state index contributed by atoms with van der Waals surface area (Å²) >= 11 is 0. The number of para-hydroxylation sites is 1. The van der Waals surface area contributed by atoms with Crippen molar-refractivity contribution >= 4 is 17.7 Å². The molecule has 1 fully saturated rings. The first-order valence-electron chi connectivity index (χ1n) is 10.6. The van der Waals surface area contributed by atoms with Crippen LogP contribution in [0.2, 0.25) is 0 Å². The molecule has 8 nitrogen and oxygen atoms in total. The van der Waals surface area contributed by atoms with Gasteiger partial charge in [-0.05, 0) is 29.8 Å². The predicted molar refractivity (Wildman–Crippen MR) is 122 cm³/mol. The average molecular weight is 437 g/mol. The van der Waals surface area contributed by atoms with Crippen molar-refractivity contribution in [3.63, 3.8) is 0 Å². The second kappa shape index (κ2) is 9.74. The van der Waals surface area contributed by atoms with Gasteiger partial charge in [0.15, 0.2) is 0 Å². The molecule has 2 N–H and O–H groups in total. The third-order valence-corrected chi connectivity index (χ3v) is 5.88. The molecule has 1 atom stereocenters. The first kappa shape index (κ1) is 21.7. The number of carbonyl (C=O) groups excluding carboxylic acids is 2. The number of piperazine rings is 1. The van der Waals surface area contributed by atoms with Crippen molar-refractivity contribution < 1.29 is 19.1 Å². The standard InChI is InChI=1S/C24H28N4O4/c1-31-19-10-8-17(9-11-19)22-21(23(29)32-2)20(25-24(30)26-22)16-27-12-14-28(15-13-27)18-6-4-3-5-7-18/h3-11,22H,12-16H2,1-2H3,(H2,25,26,30). The number of hydrogen-bond donors (Lipinski definition) is 2. The zero-order valence-corrected chi connectivity index (χ0v) is 18.3. The fraction of sp³-hybridized carbons (Fsp3) is 0.333. The van der Waals surface area contributed by atoms with Crippen molar-refractivity contribution in [3.05, 3.63) is 71.4 Å². The number of nitrogens with one attached hydrogen (secondary N) is 2. The number of esters is 1. The van der Waals surface area contributed by atoms with Crippen LogP contribution < -0.4 is 20.3 Å². The van der Waals surface area contributed by atoms with Crippen molar-refractivity contribution in [2.24, 2.45) is 0 Å². The molecule has 0 radical (unpaired) electrons. The van der Waals surface area contributed by atoms with E-state index in [9.17, 15) is 9.59 Å². The second-order valence-electron chi connectivity index (χ2n) is 7.79. The van der Waals surface area contributed by atoms with Crippen LogP contribution in [0.25, 0.3) is 0 Å². The minimum atomic E-state index is -0.595.